The van der Waals surface area contributed by atoms with Crippen LogP contribution in [0, 0.1) is 6.92 Å². The predicted octanol–water partition coefficient (Wildman–Crippen LogP) is 4.73. The van der Waals surface area contributed by atoms with Gasteiger partial charge >= 0.3 is 0 Å². The molecule has 0 unspecified atom stereocenters. The fourth-order valence-electron chi connectivity index (χ4n) is 3.01. The molecule has 5 heteroatoms. The summed E-state index contributed by atoms with van der Waals surface area (Å²) in [7, 11) is 0. The van der Waals surface area contributed by atoms with Crippen molar-refractivity contribution >= 4 is 23.2 Å². The van der Waals surface area contributed by atoms with Gasteiger partial charge in [-0.05, 0) is 42.2 Å². The Morgan fingerprint density at radius 1 is 0.800 bits per heavy atom. The van der Waals surface area contributed by atoms with E-state index in [1.165, 1.54) is 0 Å². The molecule has 2 N–H and O–H groups in total. The van der Waals surface area contributed by atoms with Gasteiger partial charge in [0, 0.05) is 11.4 Å². The van der Waals surface area contributed by atoms with Crippen molar-refractivity contribution in [2.24, 2.45) is 5.10 Å². The van der Waals surface area contributed by atoms with Crippen molar-refractivity contribution in [3.05, 3.63) is 90.0 Å². The maximum atomic E-state index is 12.2. The second-order valence-corrected chi connectivity index (χ2v) is 7.16. The van der Waals surface area contributed by atoms with E-state index < -0.39 is 0 Å². The number of rotatable bonds is 7. The molecule has 3 rings (SSSR count). The van der Waals surface area contributed by atoms with Crippen molar-refractivity contribution in [2.45, 2.75) is 26.7 Å². The lowest BCUT2D eigenvalue weighted by molar-refractivity contribution is -0.120. The number of hydrogen-bond donors (Lipinski definition) is 2. The number of nitrogens with one attached hydrogen (secondary N) is 2. The third-order valence-corrected chi connectivity index (χ3v) is 4.63. The van der Waals surface area contributed by atoms with Crippen molar-refractivity contribution in [3.8, 4) is 11.1 Å². The zero-order chi connectivity index (χ0) is 21.3. The second kappa shape index (κ2) is 10.2. The first-order valence-corrected chi connectivity index (χ1v) is 9.83. The Bertz CT molecular complexity index is 1040. The number of hydrogen-bond acceptors (Lipinski definition) is 3. The lowest BCUT2D eigenvalue weighted by atomic mass is 10.0. The summed E-state index contributed by atoms with van der Waals surface area (Å²) in [6.07, 6.45) is 0.335. The minimum Gasteiger partial charge on any atom is -0.326 e. The molecule has 2 amide bonds. The molecule has 0 saturated carbocycles. The van der Waals surface area contributed by atoms with Gasteiger partial charge < -0.3 is 5.32 Å². The number of benzene rings is 3. The Morgan fingerprint density at radius 3 is 2.13 bits per heavy atom. The van der Waals surface area contributed by atoms with E-state index in [1.807, 2.05) is 73.7 Å². The maximum absolute atomic E-state index is 12.2. The minimum atomic E-state index is -0.221. The Balaban J connectivity index is 1.49. The van der Waals surface area contributed by atoms with E-state index in [2.05, 4.69) is 28.0 Å². The van der Waals surface area contributed by atoms with E-state index in [0.29, 0.717) is 5.71 Å². The van der Waals surface area contributed by atoms with Crippen LogP contribution in [0.15, 0.2) is 84.0 Å². The van der Waals surface area contributed by atoms with E-state index in [9.17, 15) is 9.59 Å². The van der Waals surface area contributed by atoms with Crippen LogP contribution in [0.5, 0.6) is 0 Å². The SMILES string of the molecule is C/C(CC(=O)Nc1ccccc1C)=N/NC(=O)Cc1ccc(-c2ccccc2)cc1. The van der Waals surface area contributed by atoms with Gasteiger partial charge in [-0.1, -0.05) is 72.8 Å². The molecule has 0 aliphatic rings. The molecule has 0 heterocycles. The second-order valence-electron chi connectivity index (χ2n) is 7.16. The van der Waals surface area contributed by atoms with Crippen LogP contribution in [0.3, 0.4) is 0 Å². The molecule has 0 bridgehead atoms. The van der Waals surface area contributed by atoms with Crippen LogP contribution >= 0.6 is 0 Å². The van der Waals surface area contributed by atoms with E-state index in [4.69, 9.17) is 0 Å². The van der Waals surface area contributed by atoms with Gasteiger partial charge in [0.15, 0.2) is 0 Å². The molecule has 0 aliphatic heterocycles. The van der Waals surface area contributed by atoms with Gasteiger partial charge in [-0.3, -0.25) is 9.59 Å². The normalized spacial score (nSPS) is 11.1. The quantitative estimate of drug-likeness (QED) is 0.446. The van der Waals surface area contributed by atoms with E-state index in [0.717, 1.165) is 27.9 Å². The number of nitrogens with zero attached hydrogens (tertiary/aromatic N) is 1. The molecular weight excluding hydrogens is 374 g/mol. The lowest BCUT2D eigenvalue weighted by Crippen LogP contribution is -2.23. The van der Waals surface area contributed by atoms with Gasteiger partial charge in [-0.25, -0.2) is 5.43 Å². The fraction of sp³-hybridized carbons (Fsp3) is 0.160. The highest BCUT2D eigenvalue weighted by atomic mass is 16.2. The maximum Gasteiger partial charge on any atom is 0.244 e. The monoisotopic (exact) mass is 399 g/mol. The van der Waals surface area contributed by atoms with Crippen molar-refractivity contribution in [1.82, 2.24) is 5.43 Å². The average Bonchev–Trinajstić information content (AvgIpc) is 2.75. The van der Waals surface area contributed by atoms with Crippen molar-refractivity contribution < 1.29 is 9.59 Å². The van der Waals surface area contributed by atoms with Gasteiger partial charge in [-0.2, -0.15) is 5.10 Å². The summed E-state index contributed by atoms with van der Waals surface area (Å²) in [6.45, 7) is 3.65. The van der Waals surface area contributed by atoms with Gasteiger partial charge in [0.2, 0.25) is 11.8 Å². The molecule has 5 nitrogen and oxygen atoms in total. The number of para-hydroxylation sites is 1. The predicted molar refractivity (Wildman–Crippen MR) is 121 cm³/mol. The lowest BCUT2D eigenvalue weighted by Gasteiger charge is -2.08. The van der Waals surface area contributed by atoms with Crippen LogP contribution in [0.1, 0.15) is 24.5 Å². The molecule has 0 fully saturated rings. The summed E-state index contributed by atoms with van der Waals surface area (Å²) < 4.78 is 0. The van der Waals surface area contributed by atoms with Crippen LogP contribution in [0.2, 0.25) is 0 Å². The number of anilines is 1. The molecule has 0 aliphatic carbocycles. The van der Waals surface area contributed by atoms with Gasteiger partial charge in [0.05, 0.1) is 12.8 Å². The number of carbonyl (C=O) groups is 2. The van der Waals surface area contributed by atoms with Crippen LogP contribution in [0.25, 0.3) is 11.1 Å². The van der Waals surface area contributed by atoms with E-state index in [-0.39, 0.29) is 24.7 Å². The molecule has 0 spiro atoms. The van der Waals surface area contributed by atoms with Gasteiger partial charge in [0.25, 0.3) is 0 Å². The summed E-state index contributed by atoms with van der Waals surface area (Å²) in [4.78, 5) is 24.3. The first-order chi connectivity index (χ1) is 14.5. The largest absolute Gasteiger partial charge is 0.326 e. The molecular formula is C25H25N3O2. The van der Waals surface area contributed by atoms with Crippen LogP contribution in [0.4, 0.5) is 5.69 Å². The van der Waals surface area contributed by atoms with E-state index >= 15 is 0 Å². The fourth-order valence-corrected chi connectivity index (χ4v) is 3.01. The average molecular weight is 399 g/mol. The highest BCUT2D eigenvalue weighted by Gasteiger charge is 2.08. The summed E-state index contributed by atoms with van der Waals surface area (Å²) in [5, 5.41) is 6.90. The highest BCUT2D eigenvalue weighted by Crippen LogP contribution is 2.19. The Labute approximate surface area is 176 Å². The summed E-state index contributed by atoms with van der Waals surface area (Å²) in [6, 6.07) is 25.5. The summed E-state index contributed by atoms with van der Waals surface area (Å²) in [5.74, 6) is -0.391. The van der Waals surface area contributed by atoms with Crippen LogP contribution in [-0.2, 0) is 16.0 Å². The Kier molecular flexibility index (Phi) is 7.11. The summed E-state index contributed by atoms with van der Waals surface area (Å²) in [5.41, 5.74) is 7.97. The van der Waals surface area contributed by atoms with Crippen molar-refractivity contribution in [2.75, 3.05) is 5.32 Å². The van der Waals surface area contributed by atoms with Crippen molar-refractivity contribution in [1.29, 1.82) is 0 Å². The molecule has 0 saturated heterocycles. The molecule has 30 heavy (non-hydrogen) atoms. The first kappa shape index (κ1) is 21.0. The number of amides is 2. The zero-order valence-electron chi connectivity index (χ0n) is 17.2. The van der Waals surface area contributed by atoms with Crippen molar-refractivity contribution in [3.63, 3.8) is 0 Å². The molecule has 3 aromatic rings. The molecule has 0 aromatic heterocycles. The third-order valence-electron chi connectivity index (χ3n) is 4.63. The molecule has 0 atom stereocenters. The topological polar surface area (TPSA) is 70.6 Å². The highest BCUT2D eigenvalue weighted by molar-refractivity contribution is 6.06. The molecule has 0 radical (unpaired) electrons. The third kappa shape index (κ3) is 6.14. The Morgan fingerprint density at radius 2 is 1.43 bits per heavy atom. The van der Waals surface area contributed by atoms with Crippen LogP contribution in [-0.4, -0.2) is 17.5 Å². The molecule has 3 aromatic carbocycles. The van der Waals surface area contributed by atoms with Crippen LogP contribution < -0.4 is 10.7 Å². The van der Waals surface area contributed by atoms with Gasteiger partial charge in [-0.15, -0.1) is 0 Å². The standard InChI is InChI=1S/C25H25N3O2/c1-18-8-6-7-11-23(18)26-24(29)16-19(2)27-28-25(30)17-20-12-14-22(15-13-20)21-9-4-3-5-10-21/h3-15H,16-17H2,1-2H3,(H,26,29)(H,28,30)/b27-19-. The number of hydrazone groups is 1. The number of carbonyl (C=O) groups excluding carboxylic acids is 2. The zero-order valence-corrected chi connectivity index (χ0v) is 17.2. The smallest absolute Gasteiger partial charge is 0.244 e. The minimum absolute atomic E-state index is 0.111. The summed E-state index contributed by atoms with van der Waals surface area (Å²) >= 11 is 0. The van der Waals surface area contributed by atoms with Gasteiger partial charge in [0.1, 0.15) is 0 Å². The number of aryl methyl sites for hydroxylation is 1. The first-order valence-electron chi connectivity index (χ1n) is 9.83. The molecule has 152 valence electrons. The van der Waals surface area contributed by atoms with E-state index in [1.54, 1.807) is 6.92 Å². The Hall–Kier alpha value is -3.73.